The molecule has 0 saturated heterocycles. The number of anilines is 2. The molecule has 0 saturated carbocycles. The largest absolute Gasteiger partial charge is 0.480 e. The van der Waals surface area contributed by atoms with Gasteiger partial charge in [0.1, 0.15) is 37.9 Å². The van der Waals surface area contributed by atoms with Crippen LogP contribution in [0.15, 0.2) is 101 Å². The van der Waals surface area contributed by atoms with Crippen LogP contribution in [0.4, 0.5) is 11.4 Å². The first-order valence-electron chi connectivity index (χ1n) is 16.2. The van der Waals surface area contributed by atoms with Crippen LogP contribution in [0.25, 0.3) is 22.1 Å². The molecule has 1 atom stereocenters. The maximum atomic E-state index is 13.2. The number of nitrogens with one attached hydrogen (secondary N) is 3. The molecule has 5 N–H and O–H groups in total. The van der Waals surface area contributed by atoms with Gasteiger partial charge in [-0.25, -0.2) is 26.4 Å². The summed E-state index contributed by atoms with van der Waals surface area (Å²) < 4.78 is 72.1. The summed E-state index contributed by atoms with van der Waals surface area (Å²) >= 11 is 25.5. The van der Waals surface area contributed by atoms with Crippen molar-refractivity contribution in [1.29, 1.82) is 0 Å². The molecule has 0 aliphatic heterocycles. The topological polar surface area (TPSA) is 248 Å². The molecule has 0 radical (unpaired) electrons. The van der Waals surface area contributed by atoms with Crippen LogP contribution in [0.2, 0.25) is 20.1 Å². The number of carboxylic acids is 2. The molecule has 2 aromatic heterocycles. The molecule has 5 aromatic carbocycles. The number of hydrogen-bond acceptors (Lipinski definition) is 13. The number of carbonyl (C=O) groups is 3. The number of hydrogen-bond donors (Lipinski definition) is 5. The number of aromatic carboxylic acids is 1. The first-order valence-corrected chi connectivity index (χ1v) is 22.2. The Labute approximate surface area is 362 Å². The average molecular weight is 956 g/mol. The Morgan fingerprint density at radius 1 is 0.627 bits per heavy atom. The number of sulfonamides is 2. The van der Waals surface area contributed by atoms with Crippen LogP contribution in [0.5, 0.6) is 0 Å². The number of halogens is 4. The van der Waals surface area contributed by atoms with Crippen LogP contribution < -0.4 is 14.8 Å². The van der Waals surface area contributed by atoms with Gasteiger partial charge in [0.25, 0.3) is 26.0 Å². The number of fused-ring (bicyclic) bond motifs is 2. The fourth-order valence-electron chi connectivity index (χ4n) is 5.32. The molecule has 59 heavy (non-hydrogen) atoms. The summed E-state index contributed by atoms with van der Waals surface area (Å²) in [6.07, 6.45) is -0.0918. The Bertz CT molecular complexity index is 3000. The van der Waals surface area contributed by atoms with Gasteiger partial charge < -0.3 is 15.5 Å². The molecule has 7 rings (SSSR count). The summed E-state index contributed by atoms with van der Waals surface area (Å²) in [5, 5.41) is 22.2. The van der Waals surface area contributed by atoms with Crippen molar-refractivity contribution >= 4 is 141 Å². The number of carbonyl (C=O) groups excluding carboxylic acids is 1. The Hall–Kier alpha value is -5.19. The van der Waals surface area contributed by atoms with E-state index in [1.807, 2.05) is 0 Å². The van der Waals surface area contributed by atoms with Crippen LogP contribution in [-0.2, 0) is 31.3 Å². The fraction of sp³-hybridized carbons (Fsp3) is 0.0571. The molecule has 24 heteroatoms. The van der Waals surface area contributed by atoms with E-state index < -0.39 is 43.9 Å². The summed E-state index contributed by atoms with van der Waals surface area (Å²) in [5.74, 6) is -3.40. The van der Waals surface area contributed by atoms with Gasteiger partial charge in [0, 0.05) is 16.5 Å². The minimum absolute atomic E-state index is 0.0833. The number of nitrogens with zero attached hydrogens (tertiary/aromatic N) is 4. The Morgan fingerprint density at radius 3 is 1.63 bits per heavy atom. The minimum atomic E-state index is -4.21. The lowest BCUT2D eigenvalue weighted by atomic mass is 10.1. The highest BCUT2D eigenvalue weighted by atomic mass is 35.5. The van der Waals surface area contributed by atoms with Crippen LogP contribution in [0.3, 0.4) is 0 Å². The van der Waals surface area contributed by atoms with E-state index in [0.29, 0.717) is 21.6 Å². The van der Waals surface area contributed by atoms with Crippen molar-refractivity contribution in [1.82, 2.24) is 22.8 Å². The van der Waals surface area contributed by atoms with Gasteiger partial charge in [-0.15, -0.1) is 0 Å². The summed E-state index contributed by atoms with van der Waals surface area (Å²) in [4.78, 5) is 35.9. The van der Waals surface area contributed by atoms with Gasteiger partial charge in [0.05, 0.1) is 56.0 Å². The predicted octanol–water partition coefficient (Wildman–Crippen LogP) is 7.72. The van der Waals surface area contributed by atoms with E-state index in [9.17, 15) is 36.3 Å². The molecule has 0 aliphatic carbocycles. The molecule has 1 amide bonds. The second-order valence-corrected chi connectivity index (χ2v) is 18.0. The van der Waals surface area contributed by atoms with E-state index in [4.69, 9.17) is 51.5 Å². The Morgan fingerprint density at radius 2 is 1.14 bits per heavy atom. The smallest absolute Gasteiger partial charge is 0.337 e. The van der Waals surface area contributed by atoms with Crippen molar-refractivity contribution in [2.45, 2.75) is 22.3 Å². The number of aliphatic carboxylic acids is 1. The molecule has 16 nitrogen and oxygen atoms in total. The zero-order valence-corrected chi connectivity index (χ0v) is 35.4. The lowest BCUT2D eigenvalue weighted by Crippen LogP contribution is -2.42. The van der Waals surface area contributed by atoms with Crippen LogP contribution in [-0.4, -0.2) is 68.4 Å². The normalized spacial score (nSPS) is 12.0. The van der Waals surface area contributed by atoms with Crippen molar-refractivity contribution in [2.24, 2.45) is 0 Å². The monoisotopic (exact) mass is 953 g/mol. The van der Waals surface area contributed by atoms with Gasteiger partial charge in [-0.3, -0.25) is 14.2 Å². The van der Waals surface area contributed by atoms with Crippen LogP contribution in [0, 0.1) is 0 Å². The zero-order valence-electron chi connectivity index (χ0n) is 29.1. The van der Waals surface area contributed by atoms with Gasteiger partial charge in [0.15, 0.2) is 0 Å². The van der Waals surface area contributed by atoms with E-state index in [1.165, 1.54) is 72.8 Å². The zero-order chi connectivity index (χ0) is 42.6. The number of carboxylic acid groups (broad SMARTS) is 2. The molecule has 0 aliphatic rings. The molecule has 0 bridgehead atoms. The van der Waals surface area contributed by atoms with Crippen molar-refractivity contribution in [3.8, 4) is 0 Å². The van der Waals surface area contributed by atoms with E-state index in [-0.39, 0.29) is 64.8 Å². The molecular formula is C35H23Cl4N7O9S4. The number of benzene rings is 5. The van der Waals surface area contributed by atoms with E-state index in [2.05, 4.69) is 32.3 Å². The standard InChI is InChI=1S/C22H15Cl3N4O5S2.C13H8ClN3O4S2/c23-12-5-6-13(21(30)26-18(22(31)32)9-11-4-7-14(24)15(25)8-11)17(10-12)29-36(33,34)19-3-1-2-16-20(19)28-35-27-16;14-7-4-5-8(13(18)19)10(6-7)17-23(20,21)11-3-1-2-9-12(11)16-22-15-9/h1-8,10,18,29H,9H2,(H,26,30)(H,31,32);1-6,17H,(H,18,19)/t18-;/m1./s1. The van der Waals surface area contributed by atoms with Gasteiger partial charge in [-0.05, 0) is 78.4 Å². The lowest BCUT2D eigenvalue weighted by molar-refractivity contribution is -0.139. The van der Waals surface area contributed by atoms with Gasteiger partial charge in [0.2, 0.25) is 0 Å². The molecule has 7 aromatic rings. The Kier molecular flexibility index (Phi) is 13.2. The highest BCUT2D eigenvalue weighted by molar-refractivity contribution is 7.93. The van der Waals surface area contributed by atoms with Crippen LogP contribution >= 0.6 is 69.9 Å². The number of rotatable bonds is 12. The highest BCUT2D eigenvalue weighted by Gasteiger charge is 2.27. The van der Waals surface area contributed by atoms with E-state index in [0.717, 1.165) is 23.5 Å². The SMILES string of the molecule is O=C(N[C@H](Cc1ccc(Cl)c(Cl)c1)C(=O)O)c1ccc(Cl)cc1NS(=O)(=O)c1cccc2nsnc12.O=C(O)c1ccc(Cl)cc1NS(=O)(=O)c1cccc2nsnc12. The fourth-order valence-corrected chi connectivity index (χ4v) is 9.66. The maximum Gasteiger partial charge on any atom is 0.337 e. The summed E-state index contributed by atoms with van der Waals surface area (Å²) in [7, 11) is -8.26. The lowest BCUT2D eigenvalue weighted by Gasteiger charge is -2.17. The molecule has 0 unspecified atom stereocenters. The summed E-state index contributed by atoms with van der Waals surface area (Å²) in [6, 6.07) is 20.1. The maximum absolute atomic E-state index is 13.2. The average Bonchev–Trinajstić information content (AvgIpc) is 3.86. The molecule has 304 valence electrons. The molecular weight excluding hydrogens is 933 g/mol. The summed E-state index contributed by atoms with van der Waals surface area (Å²) in [6.45, 7) is 0. The third-order valence-electron chi connectivity index (χ3n) is 8.03. The molecule has 2 heterocycles. The van der Waals surface area contributed by atoms with E-state index in [1.54, 1.807) is 18.2 Å². The Balaban J connectivity index is 0.000000219. The third-order valence-corrected chi connectivity index (χ3v) is 13.1. The van der Waals surface area contributed by atoms with E-state index >= 15 is 0 Å². The van der Waals surface area contributed by atoms with Crippen LogP contribution in [0.1, 0.15) is 26.3 Å². The van der Waals surface area contributed by atoms with Crippen molar-refractivity contribution in [3.63, 3.8) is 0 Å². The third kappa shape index (κ3) is 10.2. The van der Waals surface area contributed by atoms with Crippen molar-refractivity contribution in [2.75, 3.05) is 9.44 Å². The highest BCUT2D eigenvalue weighted by Crippen LogP contribution is 2.30. The van der Waals surface area contributed by atoms with Gasteiger partial charge in [-0.2, -0.15) is 17.5 Å². The molecule has 0 fully saturated rings. The van der Waals surface area contributed by atoms with Crippen molar-refractivity contribution in [3.05, 3.63) is 128 Å². The predicted molar refractivity (Wildman–Crippen MR) is 225 cm³/mol. The number of aromatic nitrogens is 4. The molecule has 0 spiro atoms. The summed E-state index contributed by atoms with van der Waals surface area (Å²) in [5.41, 5.74) is 1.18. The number of amides is 1. The van der Waals surface area contributed by atoms with Crippen molar-refractivity contribution < 1.29 is 41.4 Å². The second-order valence-electron chi connectivity index (χ2n) is 12.0. The van der Waals surface area contributed by atoms with Gasteiger partial charge >= 0.3 is 11.9 Å². The van der Waals surface area contributed by atoms with Gasteiger partial charge in [-0.1, -0.05) is 64.6 Å². The quantitative estimate of drug-likeness (QED) is 0.0788. The second kappa shape index (κ2) is 18.0. The first kappa shape index (κ1) is 43.4. The minimum Gasteiger partial charge on any atom is -0.480 e. The first-order chi connectivity index (χ1) is 27.9.